The molecule has 1 atom stereocenters. The van der Waals surface area contributed by atoms with Crippen molar-refractivity contribution < 1.29 is 9.90 Å². The molecule has 3 heteroatoms. The molecular weight excluding hydrogens is 142 g/mol. The molecule has 0 aromatic carbocycles. The monoisotopic (exact) mass is 157 g/mol. The van der Waals surface area contributed by atoms with Crippen LogP contribution in [-0.2, 0) is 4.79 Å². The molecule has 0 fully saturated rings. The van der Waals surface area contributed by atoms with Crippen LogP contribution in [0.15, 0.2) is 12.7 Å². The highest BCUT2D eigenvalue weighted by molar-refractivity contribution is 5.77. The van der Waals surface area contributed by atoms with Gasteiger partial charge in [-0.05, 0) is 26.2 Å². The summed E-state index contributed by atoms with van der Waals surface area (Å²) in [6.07, 6.45) is 3.86. The topological polar surface area (TPSA) is 63.3 Å². The Morgan fingerprint density at radius 3 is 2.73 bits per heavy atom. The van der Waals surface area contributed by atoms with Crippen molar-refractivity contribution in [3.63, 3.8) is 0 Å². The maximum atomic E-state index is 10.5. The highest BCUT2D eigenvalue weighted by atomic mass is 16.4. The van der Waals surface area contributed by atoms with Crippen LogP contribution in [0.4, 0.5) is 0 Å². The lowest BCUT2D eigenvalue weighted by molar-refractivity contribution is -0.142. The van der Waals surface area contributed by atoms with Crippen LogP contribution in [0.3, 0.4) is 0 Å². The van der Waals surface area contributed by atoms with Gasteiger partial charge in [0.15, 0.2) is 0 Å². The van der Waals surface area contributed by atoms with E-state index in [1.165, 1.54) is 6.92 Å². The minimum atomic E-state index is -1.08. The van der Waals surface area contributed by atoms with E-state index in [2.05, 4.69) is 6.58 Å². The minimum Gasteiger partial charge on any atom is -0.480 e. The van der Waals surface area contributed by atoms with Crippen molar-refractivity contribution >= 4 is 5.97 Å². The summed E-state index contributed by atoms with van der Waals surface area (Å²) in [5.41, 5.74) is 4.39. The Kier molecular flexibility index (Phi) is 3.82. The van der Waals surface area contributed by atoms with E-state index in [1.54, 1.807) is 6.08 Å². The fourth-order valence-corrected chi connectivity index (χ4v) is 0.721. The smallest absolute Gasteiger partial charge is 0.323 e. The Morgan fingerprint density at radius 1 is 1.82 bits per heavy atom. The number of allylic oxidation sites excluding steroid dienone is 1. The molecule has 64 valence electrons. The zero-order valence-electron chi connectivity index (χ0n) is 6.84. The van der Waals surface area contributed by atoms with Gasteiger partial charge in [-0.15, -0.1) is 6.58 Å². The summed E-state index contributed by atoms with van der Waals surface area (Å²) in [4.78, 5) is 10.5. The van der Waals surface area contributed by atoms with Crippen LogP contribution < -0.4 is 5.73 Å². The number of unbranched alkanes of at least 4 members (excludes halogenated alkanes) is 1. The molecule has 11 heavy (non-hydrogen) atoms. The van der Waals surface area contributed by atoms with Crippen LogP contribution in [-0.4, -0.2) is 16.6 Å². The highest BCUT2D eigenvalue weighted by Gasteiger charge is 2.26. The first kappa shape index (κ1) is 10.2. The summed E-state index contributed by atoms with van der Waals surface area (Å²) in [5.74, 6) is -0.943. The van der Waals surface area contributed by atoms with Crippen molar-refractivity contribution in [3.05, 3.63) is 12.7 Å². The number of carbonyl (C=O) groups is 1. The molecule has 0 rings (SSSR count). The van der Waals surface area contributed by atoms with Gasteiger partial charge in [-0.1, -0.05) is 6.08 Å². The van der Waals surface area contributed by atoms with Gasteiger partial charge in [0, 0.05) is 0 Å². The van der Waals surface area contributed by atoms with Crippen LogP contribution in [0.5, 0.6) is 0 Å². The zero-order chi connectivity index (χ0) is 8.91. The van der Waals surface area contributed by atoms with Crippen LogP contribution in [0, 0.1) is 0 Å². The van der Waals surface area contributed by atoms with Gasteiger partial charge in [0.05, 0.1) is 0 Å². The van der Waals surface area contributed by atoms with Crippen molar-refractivity contribution in [3.8, 4) is 0 Å². The second-order valence-corrected chi connectivity index (χ2v) is 2.90. The lowest BCUT2D eigenvalue weighted by Crippen LogP contribution is -2.44. The van der Waals surface area contributed by atoms with Crippen LogP contribution in [0.2, 0.25) is 0 Å². The third-order valence-corrected chi connectivity index (χ3v) is 1.59. The van der Waals surface area contributed by atoms with Crippen molar-refractivity contribution in [1.29, 1.82) is 0 Å². The Bertz CT molecular complexity index is 152. The van der Waals surface area contributed by atoms with E-state index in [9.17, 15) is 4.79 Å². The number of hydrogen-bond donors (Lipinski definition) is 2. The summed E-state index contributed by atoms with van der Waals surface area (Å²) in [7, 11) is 0. The molecule has 1 unspecified atom stereocenters. The maximum Gasteiger partial charge on any atom is 0.323 e. The predicted octanol–water partition coefficient (Wildman–Crippen LogP) is 1.14. The van der Waals surface area contributed by atoms with E-state index in [0.717, 1.165) is 12.8 Å². The lowest BCUT2D eigenvalue weighted by atomic mass is 9.96. The number of rotatable bonds is 5. The van der Waals surface area contributed by atoms with Gasteiger partial charge >= 0.3 is 5.97 Å². The maximum absolute atomic E-state index is 10.5. The van der Waals surface area contributed by atoms with Gasteiger partial charge in [0.25, 0.3) is 0 Å². The number of nitrogens with two attached hydrogens (primary N) is 1. The molecule has 0 amide bonds. The van der Waals surface area contributed by atoms with Gasteiger partial charge in [-0.25, -0.2) is 0 Å². The van der Waals surface area contributed by atoms with Gasteiger partial charge in [-0.2, -0.15) is 0 Å². The van der Waals surface area contributed by atoms with E-state index < -0.39 is 11.5 Å². The van der Waals surface area contributed by atoms with Crippen molar-refractivity contribution in [2.45, 2.75) is 31.7 Å². The highest BCUT2D eigenvalue weighted by Crippen LogP contribution is 2.10. The SMILES string of the molecule is C=CCCCC(C)(N)C(=O)O. The van der Waals surface area contributed by atoms with Gasteiger partial charge in [0.2, 0.25) is 0 Å². The number of hydrogen-bond acceptors (Lipinski definition) is 2. The van der Waals surface area contributed by atoms with Gasteiger partial charge in [0.1, 0.15) is 5.54 Å². The van der Waals surface area contributed by atoms with Crippen molar-refractivity contribution in [2.75, 3.05) is 0 Å². The van der Waals surface area contributed by atoms with Crippen molar-refractivity contribution in [1.82, 2.24) is 0 Å². The van der Waals surface area contributed by atoms with Gasteiger partial charge < -0.3 is 10.8 Å². The Morgan fingerprint density at radius 2 is 2.36 bits per heavy atom. The van der Waals surface area contributed by atoms with E-state index in [-0.39, 0.29) is 0 Å². The molecule has 0 heterocycles. The lowest BCUT2D eigenvalue weighted by Gasteiger charge is -2.17. The van der Waals surface area contributed by atoms with E-state index in [0.29, 0.717) is 6.42 Å². The summed E-state index contributed by atoms with van der Waals surface area (Å²) in [5, 5.41) is 8.59. The Balaban J connectivity index is 3.72. The summed E-state index contributed by atoms with van der Waals surface area (Å²) in [6, 6.07) is 0. The molecule has 3 nitrogen and oxygen atoms in total. The zero-order valence-corrected chi connectivity index (χ0v) is 6.84. The van der Waals surface area contributed by atoms with Crippen molar-refractivity contribution in [2.24, 2.45) is 5.73 Å². The standard InChI is InChI=1S/C8H15NO2/c1-3-4-5-6-8(2,9)7(10)11/h3H,1,4-6,9H2,2H3,(H,10,11). The van der Waals surface area contributed by atoms with Crippen LogP contribution >= 0.6 is 0 Å². The molecule has 0 spiro atoms. The largest absolute Gasteiger partial charge is 0.480 e. The second-order valence-electron chi connectivity index (χ2n) is 2.90. The molecule has 0 saturated heterocycles. The first-order valence-electron chi connectivity index (χ1n) is 3.64. The quantitative estimate of drug-likeness (QED) is 0.464. The Hall–Kier alpha value is -0.830. The Labute approximate surface area is 66.9 Å². The molecule has 0 bridgehead atoms. The first-order valence-corrected chi connectivity index (χ1v) is 3.64. The molecule has 0 aliphatic rings. The molecule has 3 N–H and O–H groups in total. The third-order valence-electron chi connectivity index (χ3n) is 1.59. The van der Waals surface area contributed by atoms with Crippen LogP contribution in [0.25, 0.3) is 0 Å². The number of aliphatic carboxylic acids is 1. The molecular formula is C8H15NO2. The second kappa shape index (κ2) is 4.13. The van der Waals surface area contributed by atoms with E-state index >= 15 is 0 Å². The summed E-state index contributed by atoms with van der Waals surface area (Å²) >= 11 is 0. The van der Waals surface area contributed by atoms with Crippen LogP contribution in [0.1, 0.15) is 26.2 Å². The van der Waals surface area contributed by atoms with E-state index in [1.807, 2.05) is 0 Å². The fraction of sp³-hybridized carbons (Fsp3) is 0.625. The minimum absolute atomic E-state index is 0.494. The molecule has 0 aromatic heterocycles. The number of carboxylic acids is 1. The summed E-state index contributed by atoms with van der Waals surface area (Å²) < 4.78 is 0. The molecule has 0 radical (unpaired) electrons. The average molecular weight is 157 g/mol. The average Bonchev–Trinajstić information content (AvgIpc) is 1.88. The third kappa shape index (κ3) is 3.78. The number of carboxylic acid groups (broad SMARTS) is 1. The molecule has 0 aliphatic carbocycles. The normalized spacial score (nSPS) is 15.5. The van der Waals surface area contributed by atoms with Gasteiger partial charge in [-0.3, -0.25) is 4.79 Å². The molecule has 0 aliphatic heterocycles. The van der Waals surface area contributed by atoms with E-state index in [4.69, 9.17) is 10.8 Å². The first-order chi connectivity index (χ1) is 5.00. The molecule has 0 aromatic rings. The molecule has 0 saturated carbocycles. The fourth-order valence-electron chi connectivity index (χ4n) is 0.721. The predicted molar refractivity (Wildman–Crippen MR) is 44.3 cm³/mol. The summed E-state index contributed by atoms with van der Waals surface area (Å²) in [6.45, 7) is 5.06.